The molecule has 0 amide bonds. The molecule has 4 nitrogen and oxygen atoms in total. The molecule has 0 saturated carbocycles. The van der Waals surface area contributed by atoms with Crippen LogP contribution < -0.4 is 0 Å². The van der Waals surface area contributed by atoms with Gasteiger partial charge in [0.05, 0.1) is 6.61 Å². The van der Waals surface area contributed by atoms with Crippen molar-refractivity contribution in [1.82, 2.24) is 0 Å². The van der Waals surface area contributed by atoms with Crippen molar-refractivity contribution < 1.29 is 18.9 Å². The average Bonchev–Trinajstić information content (AvgIpc) is 2.59. The van der Waals surface area contributed by atoms with E-state index < -0.39 is 7.82 Å². The third kappa shape index (κ3) is 5.01. The molecular formula is C23H29O4P. The van der Waals surface area contributed by atoms with E-state index in [1.165, 1.54) is 47.1 Å². The zero-order valence-corrected chi connectivity index (χ0v) is 17.9. The molecule has 0 bridgehead atoms. The van der Waals surface area contributed by atoms with Crippen molar-refractivity contribution in [3.8, 4) is 0 Å². The first kappa shape index (κ1) is 21.0. The molecule has 150 valence electrons. The zero-order chi connectivity index (χ0) is 20.5. The van der Waals surface area contributed by atoms with Gasteiger partial charge in [0.15, 0.2) is 0 Å². The van der Waals surface area contributed by atoms with Crippen molar-refractivity contribution in [1.29, 1.82) is 0 Å². The normalized spacial score (nSPS) is 16.7. The number of hydrogen-bond donors (Lipinski definition) is 2. The highest BCUT2D eigenvalue weighted by atomic mass is 31.2. The van der Waals surface area contributed by atoms with E-state index in [0.29, 0.717) is 0 Å². The monoisotopic (exact) mass is 400 g/mol. The first-order valence-electron chi connectivity index (χ1n) is 9.67. The van der Waals surface area contributed by atoms with Gasteiger partial charge in [-0.25, -0.2) is 4.57 Å². The van der Waals surface area contributed by atoms with E-state index in [9.17, 15) is 4.57 Å². The third-order valence-corrected chi connectivity index (χ3v) is 6.08. The molecule has 0 unspecified atom stereocenters. The van der Waals surface area contributed by atoms with Crippen LogP contribution in [0.2, 0.25) is 0 Å². The summed E-state index contributed by atoms with van der Waals surface area (Å²) in [6.07, 6.45) is 5.80. The van der Waals surface area contributed by atoms with E-state index in [4.69, 9.17) is 9.79 Å². The van der Waals surface area contributed by atoms with Gasteiger partial charge in [-0.2, -0.15) is 0 Å². The maximum atomic E-state index is 10.8. The molecule has 2 aromatic rings. The first-order chi connectivity index (χ1) is 13.0. The van der Waals surface area contributed by atoms with Crippen molar-refractivity contribution in [3.05, 3.63) is 69.8 Å². The molecule has 5 heteroatoms. The fourth-order valence-electron chi connectivity index (χ4n) is 4.08. The van der Waals surface area contributed by atoms with Gasteiger partial charge < -0.3 is 9.79 Å². The van der Waals surface area contributed by atoms with Crippen LogP contribution >= 0.6 is 7.82 Å². The Morgan fingerprint density at radius 1 is 1.21 bits per heavy atom. The molecule has 0 aliphatic heterocycles. The van der Waals surface area contributed by atoms with Gasteiger partial charge in [0.2, 0.25) is 0 Å². The maximum Gasteiger partial charge on any atom is 0.469 e. The minimum atomic E-state index is -4.44. The van der Waals surface area contributed by atoms with Crippen LogP contribution in [0.25, 0.3) is 11.6 Å². The lowest BCUT2D eigenvalue weighted by atomic mass is 9.71. The summed E-state index contributed by atoms with van der Waals surface area (Å²) in [5.74, 6) is 0. The van der Waals surface area contributed by atoms with Crippen LogP contribution in [0.1, 0.15) is 67.0 Å². The summed E-state index contributed by atoms with van der Waals surface area (Å²) < 4.78 is 15.4. The molecule has 2 N–H and O–H groups in total. The summed E-state index contributed by atoms with van der Waals surface area (Å²) in [7, 11) is -4.44. The van der Waals surface area contributed by atoms with Crippen molar-refractivity contribution in [2.45, 2.75) is 59.0 Å². The highest BCUT2D eigenvalue weighted by molar-refractivity contribution is 7.46. The summed E-state index contributed by atoms with van der Waals surface area (Å²) in [6.45, 7) is 8.88. The Morgan fingerprint density at radius 3 is 2.54 bits per heavy atom. The highest BCUT2D eigenvalue weighted by Gasteiger charge is 2.28. The third-order valence-electron chi connectivity index (χ3n) is 5.61. The molecule has 3 rings (SSSR count). The fourth-order valence-corrected chi connectivity index (χ4v) is 4.40. The molecule has 1 aliphatic rings. The van der Waals surface area contributed by atoms with E-state index in [1.807, 2.05) is 24.3 Å². The second-order valence-electron chi connectivity index (χ2n) is 8.39. The topological polar surface area (TPSA) is 66.8 Å². The van der Waals surface area contributed by atoms with Crippen LogP contribution in [0.4, 0.5) is 0 Å². The van der Waals surface area contributed by atoms with Crippen LogP contribution in [-0.4, -0.2) is 9.79 Å². The Hall–Kier alpha value is -1.71. The van der Waals surface area contributed by atoms with E-state index in [2.05, 4.69) is 50.4 Å². The van der Waals surface area contributed by atoms with E-state index in [-0.39, 0.29) is 12.0 Å². The second kappa shape index (κ2) is 7.96. The lowest BCUT2D eigenvalue weighted by molar-refractivity contribution is 0.189. The molecule has 0 atom stereocenters. The molecule has 0 heterocycles. The summed E-state index contributed by atoms with van der Waals surface area (Å²) in [4.78, 5) is 17.6. The Labute approximate surface area is 167 Å². The number of rotatable bonds is 5. The molecule has 0 saturated heterocycles. The van der Waals surface area contributed by atoms with Crippen molar-refractivity contribution >= 4 is 19.5 Å². The SMILES string of the molecule is CC(=Cc1ccc(COP(=O)(O)O)cc1)c1cc2c(cc1C)CCCC2(C)C. The lowest BCUT2D eigenvalue weighted by Gasteiger charge is -2.33. The Kier molecular flexibility index (Phi) is 5.97. The molecule has 0 spiro atoms. The van der Waals surface area contributed by atoms with E-state index >= 15 is 0 Å². The van der Waals surface area contributed by atoms with Gasteiger partial charge in [-0.3, -0.25) is 4.52 Å². The molecule has 0 fully saturated rings. The Bertz CT molecular complexity index is 936. The molecule has 2 aromatic carbocycles. The Morgan fingerprint density at radius 2 is 1.89 bits per heavy atom. The number of allylic oxidation sites excluding steroid dienone is 1. The van der Waals surface area contributed by atoms with Crippen molar-refractivity contribution in [3.63, 3.8) is 0 Å². The quantitative estimate of drug-likeness (QED) is 0.493. The number of fused-ring (bicyclic) bond motifs is 1. The predicted octanol–water partition coefficient (Wildman–Crippen LogP) is 5.78. The lowest BCUT2D eigenvalue weighted by Crippen LogP contribution is -2.24. The van der Waals surface area contributed by atoms with Gasteiger partial charge >= 0.3 is 7.82 Å². The van der Waals surface area contributed by atoms with Crippen LogP contribution in [0, 0.1) is 6.92 Å². The average molecular weight is 400 g/mol. The fraction of sp³-hybridized carbons (Fsp3) is 0.391. The molecule has 28 heavy (non-hydrogen) atoms. The van der Waals surface area contributed by atoms with Gasteiger partial charge in [-0.15, -0.1) is 0 Å². The highest BCUT2D eigenvalue weighted by Crippen LogP contribution is 2.39. The standard InChI is InChI=1S/C23H29O4P/c1-16(12-18-7-9-19(10-8-18)15-27-28(24,25)26)21-14-22-20(13-17(21)2)6-5-11-23(22,3)4/h7-10,12-14H,5-6,11,15H2,1-4H3,(H2,24,25,26). The van der Waals surface area contributed by atoms with Crippen molar-refractivity contribution in [2.24, 2.45) is 0 Å². The van der Waals surface area contributed by atoms with Gasteiger partial charge in [-0.05, 0) is 77.5 Å². The molecule has 0 aromatic heterocycles. The van der Waals surface area contributed by atoms with Crippen LogP contribution in [-0.2, 0) is 27.5 Å². The maximum absolute atomic E-state index is 10.8. The summed E-state index contributed by atoms with van der Waals surface area (Å²) in [5, 5.41) is 0. The van der Waals surface area contributed by atoms with E-state index in [0.717, 1.165) is 11.1 Å². The van der Waals surface area contributed by atoms with Crippen LogP contribution in [0.3, 0.4) is 0 Å². The summed E-state index contributed by atoms with van der Waals surface area (Å²) in [5.41, 5.74) is 8.74. The minimum absolute atomic E-state index is 0.105. The van der Waals surface area contributed by atoms with Crippen molar-refractivity contribution in [2.75, 3.05) is 0 Å². The molecular weight excluding hydrogens is 371 g/mol. The Balaban J connectivity index is 1.85. The minimum Gasteiger partial charge on any atom is -0.303 e. The largest absolute Gasteiger partial charge is 0.469 e. The summed E-state index contributed by atoms with van der Waals surface area (Å²) >= 11 is 0. The van der Waals surface area contributed by atoms with Gasteiger partial charge in [0, 0.05) is 0 Å². The number of hydrogen-bond acceptors (Lipinski definition) is 2. The smallest absolute Gasteiger partial charge is 0.303 e. The van der Waals surface area contributed by atoms with Gasteiger partial charge in [0.25, 0.3) is 0 Å². The molecule has 1 aliphatic carbocycles. The second-order valence-corrected chi connectivity index (χ2v) is 9.63. The summed E-state index contributed by atoms with van der Waals surface area (Å²) in [6, 6.07) is 12.3. The number of aryl methyl sites for hydroxylation is 2. The number of phosphoric ester groups is 1. The zero-order valence-electron chi connectivity index (χ0n) is 17.0. The van der Waals surface area contributed by atoms with Crippen LogP contribution in [0.5, 0.6) is 0 Å². The van der Waals surface area contributed by atoms with Gasteiger partial charge in [-0.1, -0.05) is 56.3 Å². The number of benzene rings is 2. The number of phosphoric acid groups is 1. The van der Waals surface area contributed by atoms with Crippen LogP contribution in [0.15, 0.2) is 36.4 Å². The van der Waals surface area contributed by atoms with E-state index in [1.54, 1.807) is 0 Å². The van der Waals surface area contributed by atoms with Gasteiger partial charge in [0.1, 0.15) is 0 Å². The first-order valence-corrected chi connectivity index (χ1v) is 11.2. The predicted molar refractivity (Wildman–Crippen MR) is 114 cm³/mol. The molecule has 0 radical (unpaired) electrons.